The Morgan fingerprint density at radius 3 is 2.59 bits per heavy atom. The van der Waals surface area contributed by atoms with Gasteiger partial charge in [0.1, 0.15) is 5.75 Å². The van der Waals surface area contributed by atoms with Crippen molar-refractivity contribution in [3.05, 3.63) is 53.6 Å². The molecule has 2 aromatic rings. The van der Waals surface area contributed by atoms with Crippen LogP contribution in [0.3, 0.4) is 0 Å². The van der Waals surface area contributed by atoms with Gasteiger partial charge >= 0.3 is 0 Å². The lowest BCUT2D eigenvalue weighted by Gasteiger charge is -2.49. The van der Waals surface area contributed by atoms with Crippen molar-refractivity contribution in [1.29, 1.82) is 0 Å². The van der Waals surface area contributed by atoms with Crippen molar-refractivity contribution in [2.75, 3.05) is 62.7 Å². The molecule has 0 bridgehead atoms. The summed E-state index contributed by atoms with van der Waals surface area (Å²) in [4.78, 5) is 20.9. The molecule has 2 atom stereocenters. The minimum Gasteiger partial charge on any atom is -0.497 e. The first-order chi connectivity index (χ1) is 16.6. The number of carbonyl (C=O) groups is 1. The van der Waals surface area contributed by atoms with Crippen LogP contribution < -0.4 is 19.9 Å². The summed E-state index contributed by atoms with van der Waals surface area (Å²) in [6, 6.07) is 15.2. The number of hydrogen-bond donors (Lipinski definition) is 1. The molecule has 0 spiro atoms. The molecule has 0 radical (unpaired) electrons. The van der Waals surface area contributed by atoms with E-state index in [0.717, 1.165) is 58.0 Å². The molecular formula is C28H38N4O2. The number of carbonyl (C=O) groups excluding carboxylic acids is 1. The lowest BCUT2D eigenvalue weighted by molar-refractivity contribution is -0.125. The van der Waals surface area contributed by atoms with Crippen LogP contribution in [0.1, 0.15) is 30.4 Å². The summed E-state index contributed by atoms with van der Waals surface area (Å²) in [5.41, 5.74) is 4.99. The monoisotopic (exact) mass is 462 g/mol. The van der Waals surface area contributed by atoms with E-state index in [1.807, 2.05) is 6.07 Å². The molecule has 5 rings (SSSR count). The number of nitrogens with zero attached hydrogens (tertiary/aromatic N) is 3. The average Bonchev–Trinajstić information content (AvgIpc) is 2.88. The van der Waals surface area contributed by atoms with Crippen LogP contribution in [0.2, 0.25) is 0 Å². The molecule has 3 aliphatic rings. The fourth-order valence-electron chi connectivity index (χ4n) is 5.85. The third kappa shape index (κ3) is 4.88. The number of ether oxygens (including phenoxy) is 1. The van der Waals surface area contributed by atoms with Gasteiger partial charge < -0.3 is 24.8 Å². The number of anilines is 2. The highest BCUT2D eigenvalue weighted by atomic mass is 16.5. The summed E-state index contributed by atoms with van der Waals surface area (Å²) >= 11 is 0. The van der Waals surface area contributed by atoms with E-state index in [1.165, 1.54) is 41.8 Å². The molecule has 3 aliphatic heterocycles. The smallest absolute Gasteiger partial charge is 0.225 e. The summed E-state index contributed by atoms with van der Waals surface area (Å²) in [5, 5.41) is 3.30. The Morgan fingerprint density at radius 2 is 1.82 bits per heavy atom. The molecular weight excluding hydrogens is 424 g/mol. The SMILES string of the molecule is COc1ccc2c(c1)N1CCN(c3ccc(C)cc3)C[C@H]1[C@@H](C(=O)NCCN1CCCCC1)C2. The Bertz CT molecular complexity index is 986. The number of benzene rings is 2. The normalized spacial score (nSPS) is 22.6. The Labute approximate surface area is 203 Å². The fourth-order valence-corrected chi connectivity index (χ4v) is 5.85. The van der Waals surface area contributed by atoms with Crippen LogP contribution >= 0.6 is 0 Å². The fraction of sp³-hybridized carbons (Fsp3) is 0.536. The van der Waals surface area contributed by atoms with Crippen molar-refractivity contribution in [3.8, 4) is 5.75 Å². The van der Waals surface area contributed by atoms with Crippen molar-refractivity contribution in [2.45, 2.75) is 38.6 Å². The van der Waals surface area contributed by atoms with Crippen molar-refractivity contribution in [3.63, 3.8) is 0 Å². The van der Waals surface area contributed by atoms with Gasteiger partial charge in [-0.15, -0.1) is 0 Å². The topological polar surface area (TPSA) is 48.1 Å². The third-order valence-electron chi connectivity index (χ3n) is 7.84. The number of amides is 1. The van der Waals surface area contributed by atoms with E-state index in [-0.39, 0.29) is 17.9 Å². The summed E-state index contributed by atoms with van der Waals surface area (Å²) in [5.74, 6) is 1.01. The lowest BCUT2D eigenvalue weighted by Crippen LogP contribution is -2.61. The lowest BCUT2D eigenvalue weighted by atomic mass is 9.83. The first kappa shape index (κ1) is 23.0. The van der Waals surface area contributed by atoms with Crippen LogP contribution in [0.15, 0.2) is 42.5 Å². The van der Waals surface area contributed by atoms with E-state index in [1.54, 1.807) is 7.11 Å². The molecule has 6 nitrogen and oxygen atoms in total. The molecule has 0 aromatic heterocycles. The number of rotatable bonds is 6. The zero-order valence-electron chi connectivity index (χ0n) is 20.6. The van der Waals surface area contributed by atoms with E-state index >= 15 is 0 Å². The maximum absolute atomic E-state index is 13.5. The van der Waals surface area contributed by atoms with Gasteiger partial charge in [-0.1, -0.05) is 30.2 Å². The minimum atomic E-state index is -0.0597. The van der Waals surface area contributed by atoms with Crippen LogP contribution in [-0.2, 0) is 11.2 Å². The summed E-state index contributed by atoms with van der Waals surface area (Å²) < 4.78 is 5.53. The van der Waals surface area contributed by atoms with Gasteiger partial charge in [0.2, 0.25) is 5.91 Å². The number of likely N-dealkylation sites (tertiary alicyclic amines) is 1. The van der Waals surface area contributed by atoms with E-state index in [9.17, 15) is 4.79 Å². The first-order valence-electron chi connectivity index (χ1n) is 12.9. The number of fused-ring (bicyclic) bond motifs is 3. The minimum absolute atomic E-state index is 0.0597. The third-order valence-corrected chi connectivity index (χ3v) is 7.84. The summed E-state index contributed by atoms with van der Waals surface area (Å²) in [6.45, 7) is 8.83. The largest absolute Gasteiger partial charge is 0.497 e. The zero-order valence-corrected chi connectivity index (χ0v) is 20.6. The molecule has 1 N–H and O–H groups in total. The molecule has 0 aliphatic carbocycles. The van der Waals surface area contributed by atoms with Gasteiger partial charge in [-0.05, 0) is 63.0 Å². The predicted octanol–water partition coefficient (Wildman–Crippen LogP) is 3.47. The molecule has 0 saturated carbocycles. The van der Waals surface area contributed by atoms with Gasteiger partial charge in [-0.25, -0.2) is 0 Å². The van der Waals surface area contributed by atoms with Gasteiger partial charge in [0, 0.05) is 50.2 Å². The molecule has 6 heteroatoms. The molecule has 2 saturated heterocycles. The second-order valence-corrected chi connectivity index (χ2v) is 10.0. The van der Waals surface area contributed by atoms with Gasteiger partial charge in [0.25, 0.3) is 0 Å². The number of aryl methyl sites for hydroxylation is 1. The Balaban J connectivity index is 1.34. The maximum Gasteiger partial charge on any atom is 0.225 e. The second kappa shape index (κ2) is 10.3. The van der Waals surface area contributed by atoms with Crippen LogP contribution in [0, 0.1) is 12.8 Å². The van der Waals surface area contributed by atoms with E-state index in [2.05, 4.69) is 63.3 Å². The van der Waals surface area contributed by atoms with Gasteiger partial charge in [-0.3, -0.25) is 4.79 Å². The Hall–Kier alpha value is -2.73. The van der Waals surface area contributed by atoms with Crippen molar-refractivity contribution >= 4 is 17.3 Å². The van der Waals surface area contributed by atoms with E-state index in [4.69, 9.17) is 4.74 Å². The van der Waals surface area contributed by atoms with E-state index in [0.29, 0.717) is 0 Å². The van der Waals surface area contributed by atoms with Crippen molar-refractivity contribution < 1.29 is 9.53 Å². The quantitative estimate of drug-likeness (QED) is 0.712. The highest BCUT2D eigenvalue weighted by Crippen LogP contribution is 2.39. The molecule has 0 unspecified atom stereocenters. The number of piperidine rings is 1. The average molecular weight is 463 g/mol. The van der Waals surface area contributed by atoms with E-state index < -0.39 is 0 Å². The number of methoxy groups -OCH3 is 1. The highest BCUT2D eigenvalue weighted by Gasteiger charge is 2.41. The van der Waals surface area contributed by atoms with Gasteiger partial charge in [0.05, 0.1) is 19.1 Å². The van der Waals surface area contributed by atoms with Gasteiger partial charge in [-0.2, -0.15) is 0 Å². The predicted molar refractivity (Wildman–Crippen MR) is 138 cm³/mol. The number of hydrogen-bond acceptors (Lipinski definition) is 5. The van der Waals surface area contributed by atoms with Crippen LogP contribution in [0.25, 0.3) is 0 Å². The molecule has 34 heavy (non-hydrogen) atoms. The molecule has 3 heterocycles. The zero-order chi connectivity index (χ0) is 23.5. The maximum atomic E-state index is 13.5. The standard InChI is InChI=1S/C28H38N4O2/c1-21-6-9-23(10-7-21)31-16-17-32-26-19-24(34-2)11-8-22(26)18-25(27(32)20-31)28(33)29-12-15-30-13-4-3-5-14-30/h6-11,19,25,27H,3-5,12-18,20H2,1-2H3,(H,29,33)/t25-,27-/m0/s1. The van der Waals surface area contributed by atoms with Crippen molar-refractivity contribution in [1.82, 2.24) is 10.2 Å². The Morgan fingerprint density at radius 1 is 1.03 bits per heavy atom. The van der Waals surface area contributed by atoms with Crippen LogP contribution in [0.4, 0.5) is 11.4 Å². The molecule has 1 amide bonds. The van der Waals surface area contributed by atoms with Crippen molar-refractivity contribution in [2.24, 2.45) is 5.92 Å². The van der Waals surface area contributed by atoms with Crippen LogP contribution in [-0.4, -0.2) is 69.8 Å². The summed E-state index contributed by atoms with van der Waals surface area (Å²) in [7, 11) is 1.72. The molecule has 182 valence electrons. The molecule has 2 fully saturated rings. The molecule has 2 aromatic carbocycles. The Kier molecular flexibility index (Phi) is 6.95. The first-order valence-corrected chi connectivity index (χ1v) is 12.9. The highest BCUT2D eigenvalue weighted by molar-refractivity contribution is 5.82. The van der Waals surface area contributed by atoms with Gasteiger partial charge in [0.15, 0.2) is 0 Å². The summed E-state index contributed by atoms with van der Waals surface area (Å²) in [6.07, 6.45) is 4.67. The number of piperazine rings is 1. The second-order valence-electron chi connectivity index (χ2n) is 10.0. The van der Waals surface area contributed by atoms with Crippen LogP contribution in [0.5, 0.6) is 5.75 Å². The number of nitrogens with one attached hydrogen (secondary N) is 1.